The Kier molecular flexibility index (Phi) is 5.45. The molecule has 3 rings (SSSR count). The third-order valence-corrected chi connectivity index (χ3v) is 4.32. The van der Waals surface area contributed by atoms with Gasteiger partial charge in [0.2, 0.25) is 5.91 Å². The predicted octanol–water partition coefficient (Wildman–Crippen LogP) is 2.95. The minimum atomic E-state index is -0.191. The molecule has 24 heavy (non-hydrogen) atoms. The van der Waals surface area contributed by atoms with Gasteiger partial charge in [0.15, 0.2) is 0 Å². The maximum absolute atomic E-state index is 12.3. The molecule has 2 aromatic rings. The summed E-state index contributed by atoms with van der Waals surface area (Å²) in [7, 11) is 1.63. The Labute approximate surface area is 146 Å². The first-order valence-corrected chi connectivity index (χ1v) is 8.14. The van der Waals surface area contributed by atoms with Crippen LogP contribution >= 0.6 is 11.6 Å². The molecule has 5 nitrogen and oxygen atoms in total. The molecule has 1 amide bonds. The van der Waals surface area contributed by atoms with Crippen LogP contribution in [0.25, 0.3) is 11.1 Å². The maximum Gasteiger partial charge on any atom is 0.249 e. The Hall–Kier alpha value is -1.95. The molecular weight excluding hydrogens is 328 g/mol. The highest BCUT2D eigenvalue weighted by molar-refractivity contribution is 6.30. The van der Waals surface area contributed by atoms with Crippen molar-refractivity contribution in [1.82, 2.24) is 9.88 Å². The molecule has 1 aromatic carbocycles. The van der Waals surface area contributed by atoms with Crippen molar-refractivity contribution in [3.8, 4) is 11.1 Å². The number of methoxy groups -OCH3 is 1. The van der Waals surface area contributed by atoms with Gasteiger partial charge in [0.05, 0.1) is 19.3 Å². The van der Waals surface area contributed by atoms with Crippen molar-refractivity contribution in [2.75, 3.05) is 33.5 Å². The summed E-state index contributed by atoms with van der Waals surface area (Å²) < 4.78 is 10.6. The number of pyridine rings is 1. The molecule has 0 saturated carbocycles. The zero-order chi connectivity index (χ0) is 16.9. The average molecular weight is 347 g/mol. The molecule has 1 fully saturated rings. The van der Waals surface area contributed by atoms with E-state index in [1.807, 2.05) is 30.3 Å². The fourth-order valence-corrected chi connectivity index (χ4v) is 3.11. The van der Waals surface area contributed by atoms with Crippen molar-refractivity contribution in [1.29, 1.82) is 0 Å². The molecule has 6 heteroatoms. The van der Waals surface area contributed by atoms with E-state index in [4.69, 9.17) is 21.1 Å². The van der Waals surface area contributed by atoms with E-state index < -0.39 is 0 Å². The van der Waals surface area contributed by atoms with E-state index in [-0.39, 0.29) is 18.6 Å². The molecule has 0 aliphatic carbocycles. The summed E-state index contributed by atoms with van der Waals surface area (Å²) in [5.74, 6) is -0.0378. The number of hydrogen-bond acceptors (Lipinski definition) is 4. The molecule has 1 aliphatic rings. The summed E-state index contributed by atoms with van der Waals surface area (Å²) in [4.78, 5) is 18.3. The minimum absolute atomic E-state index is 0.0378. The van der Waals surface area contributed by atoms with Gasteiger partial charge in [0, 0.05) is 36.6 Å². The van der Waals surface area contributed by atoms with Crippen molar-refractivity contribution in [3.63, 3.8) is 0 Å². The number of morpholine rings is 1. The number of benzene rings is 1. The molecule has 1 atom stereocenters. The number of hydrogen-bond donors (Lipinski definition) is 0. The third-order valence-electron chi connectivity index (χ3n) is 4.08. The summed E-state index contributed by atoms with van der Waals surface area (Å²) in [5.41, 5.74) is 2.94. The van der Waals surface area contributed by atoms with Gasteiger partial charge in [-0.3, -0.25) is 9.78 Å². The van der Waals surface area contributed by atoms with Crippen LogP contribution in [0.1, 0.15) is 11.6 Å². The molecule has 1 unspecified atom stereocenters. The first-order valence-electron chi connectivity index (χ1n) is 7.76. The summed E-state index contributed by atoms with van der Waals surface area (Å²) >= 11 is 6.13. The average Bonchev–Trinajstić information content (AvgIpc) is 2.60. The Balaban J connectivity index is 2.00. The molecule has 0 N–H and O–H groups in total. The fourth-order valence-electron chi connectivity index (χ4n) is 2.92. The van der Waals surface area contributed by atoms with Crippen LogP contribution in [0.4, 0.5) is 0 Å². The van der Waals surface area contributed by atoms with Gasteiger partial charge in [0.25, 0.3) is 0 Å². The monoisotopic (exact) mass is 346 g/mol. The number of amides is 1. The van der Waals surface area contributed by atoms with E-state index in [1.54, 1.807) is 24.4 Å². The number of carbonyl (C=O) groups excluding carboxylic acids is 1. The highest BCUT2D eigenvalue weighted by Crippen LogP contribution is 2.33. The lowest BCUT2D eigenvalue weighted by Gasteiger charge is -2.36. The Morgan fingerprint density at radius 2 is 2.29 bits per heavy atom. The lowest BCUT2D eigenvalue weighted by Crippen LogP contribution is -2.45. The largest absolute Gasteiger partial charge is 0.383 e. The highest BCUT2D eigenvalue weighted by atomic mass is 35.5. The first kappa shape index (κ1) is 16.9. The van der Waals surface area contributed by atoms with E-state index in [0.29, 0.717) is 24.8 Å². The molecule has 0 bridgehead atoms. The topological polar surface area (TPSA) is 51.7 Å². The number of ether oxygens (including phenoxy) is 2. The number of carbonyl (C=O) groups is 1. The second-order valence-electron chi connectivity index (χ2n) is 5.58. The van der Waals surface area contributed by atoms with Crippen LogP contribution in [0, 0.1) is 0 Å². The molecule has 2 heterocycles. The molecule has 0 radical (unpaired) electrons. The third kappa shape index (κ3) is 3.59. The van der Waals surface area contributed by atoms with Gasteiger partial charge < -0.3 is 14.4 Å². The molecule has 1 aliphatic heterocycles. The SMILES string of the molecule is COCCN1C(=O)COCC1c1cnccc1-c1cccc(Cl)c1. The fraction of sp³-hybridized carbons (Fsp3) is 0.333. The number of rotatable bonds is 5. The van der Waals surface area contributed by atoms with Crippen LogP contribution in [-0.2, 0) is 14.3 Å². The zero-order valence-corrected chi connectivity index (χ0v) is 14.2. The van der Waals surface area contributed by atoms with E-state index in [9.17, 15) is 4.79 Å². The maximum atomic E-state index is 12.3. The summed E-state index contributed by atoms with van der Waals surface area (Å²) in [6.45, 7) is 1.55. The van der Waals surface area contributed by atoms with Crippen LogP contribution in [0.15, 0.2) is 42.7 Å². The zero-order valence-electron chi connectivity index (χ0n) is 13.4. The number of nitrogens with zero attached hydrogens (tertiary/aromatic N) is 2. The molecule has 1 aromatic heterocycles. The number of halogens is 1. The molecular formula is C18H19ClN2O3. The van der Waals surface area contributed by atoms with Crippen LogP contribution in [-0.4, -0.2) is 49.3 Å². The quantitative estimate of drug-likeness (QED) is 0.835. The van der Waals surface area contributed by atoms with Gasteiger partial charge in [0.1, 0.15) is 6.61 Å². The van der Waals surface area contributed by atoms with Gasteiger partial charge in [-0.05, 0) is 29.3 Å². The van der Waals surface area contributed by atoms with Crippen molar-refractivity contribution in [3.05, 3.63) is 53.3 Å². The Morgan fingerprint density at radius 3 is 3.08 bits per heavy atom. The van der Waals surface area contributed by atoms with Crippen LogP contribution in [0.5, 0.6) is 0 Å². The minimum Gasteiger partial charge on any atom is -0.383 e. The van der Waals surface area contributed by atoms with Gasteiger partial charge in [-0.25, -0.2) is 0 Å². The van der Waals surface area contributed by atoms with Crippen molar-refractivity contribution in [2.45, 2.75) is 6.04 Å². The predicted molar refractivity (Wildman–Crippen MR) is 91.8 cm³/mol. The lowest BCUT2D eigenvalue weighted by atomic mass is 9.95. The lowest BCUT2D eigenvalue weighted by molar-refractivity contribution is -0.149. The van der Waals surface area contributed by atoms with Crippen molar-refractivity contribution >= 4 is 17.5 Å². The Morgan fingerprint density at radius 1 is 1.42 bits per heavy atom. The highest BCUT2D eigenvalue weighted by Gasteiger charge is 2.31. The second-order valence-corrected chi connectivity index (χ2v) is 6.02. The molecule has 126 valence electrons. The second kappa shape index (κ2) is 7.75. The van der Waals surface area contributed by atoms with E-state index >= 15 is 0 Å². The summed E-state index contributed by atoms with van der Waals surface area (Å²) in [5, 5.41) is 0.669. The molecule has 1 saturated heterocycles. The van der Waals surface area contributed by atoms with E-state index in [2.05, 4.69) is 4.98 Å². The van der Waals surface area contributed by atoms with Gasteiger partial charge in [-0.15, -0.1) is 0 Å². The van der Waals surface area contributed by atoms with Gasteiger partial charge in [-0.1, -0.05) is 23.7 Å². The van der Waals surface area contributed by atoms with Gasteiger partial charge in [-0.2, -0.15) is 0 Å². The van der Waals surface area contributed by atoms with Crippen molar-refractivity contribution in [2.24, 2.45) is 0 Å². The number of aromatic nitrogens is 1. The van der Waals surface area contributed by atoms with E-state index in [0.717, 1.165) is 16.7 Å². The normalized spacial score (nSPS) is 18.0. The standard InChI is InChI=1S/C18H19ClN2O3/c1-23-8-7-21-17(11-24-12-18(21)22)16-10-20-6-5-15(16)13-3-2-4-14(19)9-13/h2-6,9-10,17H,7-8,11-12H2,1H3. The van der Waals surface area contributed by atoms with Gasteiger partial charge >= 0.3 is 0 Å². The molecule has 0 spiro atoms. The van der Waals surface area contributed by atoms with Crippen LogP contribution in [0.2, 0.25) is 5.02 Å². The van der Waals surface area contributed by atoms with Crippen molar-refractivity contribution < 1.29 is 14.3 Å². The van der Waals surface area contributed by atoms with Crippen LogP contribution in [0.3, 0.4) is 0 Å². The Bertz CT molecular complexity index is 723. The summed E-state index contributed by atoms with van der Waals surface area (Å²) in [6.07, 6.45) is 3.54. The van der Waals surface area contributed by atoms with Crippen LogP contribution < -0.4 is 0 Å². The smallest absolute Gasteiger partial charge is 0.249 e. The summed E-state index contributed by atoms with van der Waals surface area (Å²) in [6, 6.07) is 9.40. The first-order chi connectivity index (χ1) is 11.7. The van der Waals surface area contributed by atoms with E-state index in [1.165, 1.54) is 0 Å².